The molecule has 1 saturated heterocycles. The minimum absolute atomic E-state index is 0.101. The van der Waals surface area contributed by atoms with E-state index in [0.717, 1.165) is 4.90 Å². The number of carbonyl (C=O) groups is 3. The number of carbonyl (C=O) groups excluding carboxylic acids is 3. The molecular weight excluding hydrogens is 393 g/mol. The van der Waals surface area contributed by atoms with E-state index in [9.17, 15) is 18.8 Å². The van der Waals surface area contributed by atoms with Gasteiger partial charge in [0.2, 0.25) is 0 Å². The van der Waals surface area contributed by atoms with Gasteiger partial charge in [0.25, 0.3) is 5.91 Å². The zero-order chi connectivity index (χ0) is 21.9. The highest BCUT2D eigenvalue weighted by atomic mass is 19.1. The number of rotatable bonds is 5. The number of benzene rings is 1. The molecule has 8 nitrogen and oxygen atoms in total. The lowest BCUT2D eigenvalue weighted by molar-refractivity contribution is -0.132. The predicted octanol–water partition coefficient (Wildman–Crippen LogP) is 2.96. The molecule has 0 aromatic heterocycles. The van der Waals surface area contributed by atoms with E-state index in [1.54, 1.807) is 20.8 Å². The normalized spacial score (nSPS) is 24.0. The Labute approximate surface area is 175 Å². The third-order valence-corrected chi connectivity index (χ3v) is 5.20. The molecule has 4 amide bonds. The first kappa shape index (κ1) is 21.9. The molecule has 2 N–H and O–H groups in total. The van der Waals surface area contributed by atoms with E-state index in [4.69, 9.17) is 9.47 Å². The summed E-state index contributed by atoms with van der Waals surface area (Å²) >= 11 is 0. The minimum Gasteiger partial charge on any atom is -0.492 e. The number of nitrogens with one attached hydrogen (secondary N) is 2. The van der Waals surface area contributed by atoms with E-state index >= 15 is 0 Å². The summed E-state index contributed by atoms with van der Waals surface area (Å²) in [6.45, 7) is 5.60. The van der Waals surface area contributed by atoms with Gasteiger partial charge in [-0.15, -0.1) is 0 Å². The molecule has 0 atom stereocenters. The van der Waals surface area contributed by atoms with Gasteiger partial charge in [0.15, 0.2) is 0 Å². The van der Waals surface area contributed by atoms with Crippen LogP contribution in [0.5, 0.6) is 5.75 Å². The van der Waals surface area contributed by atoms with Crippen molar-refractivity contribution in [2.45, 2.75) is 63.6 Å². The largest absolute Gasteiger partial charge is 0.492 e. The lowest BCUT2D eigenvalue weighted by atomic mass is 9.79. The van der Waals surface area contributed by atoms with Gasteiger partial charge >= 0.3 is 12.1 Å². The SMILES string of the molecule is CC(C)(C)OC(=O)NC1CCC2(CC1)NC(=O)N(CCOc1ccc(F)cc1)C2=O. The molecule has 2 aliphatic rings. The van der Waals surface area contributed by atoms with Gasteiger partial charge in [-0.05, 0) is 70.7 Å². The van der Waals surface area contributed by atoms with Crippen molar-refractivity contribution in [3.05, 3.63) is 30.1 Å². The van der Waals surface area contributed by atoms with Crippen molar-refractivity contribution < 1.29 is 28.2 Å². The van der Waals surface area contributed by atoms with Gasteiger partial charge in [-0.25, -0.2) is 14.0 Å². The molecule has 1 heterocycles. The van der Waals surface area contributed by atoms with Crippen LogP contribution >= 0.6 is 0 Å². The Morgan fingerprint density at radius 1 is 1.23 bits per heavy atom. The number of nitrogens with zero attached hydrogens (tertiary/aromatic N) is 1. The highest BCUT2D eigenvalue weighted by Gasteiger charge is 2.52. The summed E-state index contributed by atoms with van der Waals surface area (Å²) in [5.74, 6) is -0.173. The minimum atomic E-state index is -0.931. The van der Waals surface area contributed by atoms with E-state index in [1.165, 1.54) is 24.3 Å². The molecule has 0 bridgehead atoms. The molecular formula is C21H28FN3O5. The van der Waals surface area contributed by atoms with Crippen LogP contribution in [0, 0.1) is 5.82 Å². The first-order chi connectivity index (χ1) is 14.1. The number of alkyl carbamates (subject to hydrolysis) is 1. The van der Waals surface area contributed by atoms with E-state index in [-0.39, 0.29) is 30.9 Å². The monoisotopic (exact) mass is 421 g/mol. The molecule has 0 unspecified atom stereocenters. The molecule has 1 spiro atoms. The van der Waals surface area contributed by atoms with Crippen LogP contribution in [0.3, 0.4) is 0 Å². The fraction of sp³-hybridized carbons (Fsp3) is 0.571. The van der Waals surface area contributed by atoms with Crippen LogP contribution in [-0.2, 0) is 9.53 Å². The quantitative estimate of drug-likeness (QED) is 0.713. The number of urea groups is 1. The smallest absolute Gasteiger partial charge is 0.407 e. The Hall–Kier alpha value is -2.84. The zero-order valence-corrected chi connectivity index (χ0v) is 17.5. The first-order valence-electron chi connectivity index (χ1n) is 10.1. The summed E-state index contributed by atoms with van der Waals surface area (Å²) in [6, 6.07) is 4.99. The predicted molar refractivity (Wildman–Crippen MR) is 106 cm³/mol. The number of imide groups is 1. The Bertz CT molecular complexity index is 798. The number of ether oxygens (including phenoxy) is 2. The van der Waals surface area contributed by atoms with E-state index in [2.05, 4.69) is 10.6 Å². The summed E-state index contributed by atoms with van der Waals surface area (Å²) in [6.07, 6.45) is 1.52. The van der Waals surface area contributed by atoms with Crippen molar-refractivity contribution in [3.8, 4) is 5.75 Å². The number of halogens is 1. The van der Waals surface area contributed by atoms with Gasteiger partial charge in [0.05, 0.1) is 6.54 Å². The van der Waals surface area contributed by atoms with Crippen molar-refractivity contribution in [1.82, 2.24) is 15.5 Å². The van der Waals surface area contributed by atoms with Gasteiger partial charge in [-0.3, -0.25) is 9.69 Å². The van der Waals surface area contributed by atoms with Crippen LogP contribution < -0.4 is 15.4 Å². The maximum Gasteiger partial charge on any atom is 0.407 e. The molecule has 1 saturated carbocycles. The first-order valence-corrected chi connectivity index (χ1v) is 10.1. The van der Waals surface area contributed by atoms with Crippen LogP contribution in [0.1, 0.15) is 46.5 Å². The molecule has 3 rings (SSSR count). The second-order valence-electron chi connectivity index (χ2n) is 8.69. The highest BCUT2D eigenvalue weighted by Crippen LogP contribution is 2.34. The van der Waals surface area contributed by atoms with Gasteiger partial charge in [0.1, 0.15) is 29.3 Å². The molecule has 1 aromatic rings. The van der Waals surface area contributed by atoms with Crippen LogP contribution in [0.25, 0.3) is 0 Å². The Morgan fingerprint density at radius 2 is 1.87 bits per heavy atom. The van der Waals surface area contributed by atoms with Crippen molar-refractivity contribution >= 4 is 18.0 Å². The zero-order valence-electron chi connectivity index (χ0n) is 17.5. The second kappa shape index (κ2) is 8.49. The molecule has 0 radical (unpaired) electrons. The van der Waals surface area contributed by atoms with Crippen molar-refractivity contribution in [3.63, 3.8) is 0 Å². The van der Waals surface area contributed by atoms with E-state index in [1.807, 2.05) is 0 Å². The standard InChI is InChI=1S/C21H28FN3O5/c1-20(2,3)30-19(28)23-15-8-10-21(11-9-15)17(26)25(18(27)24-21)12-13-29-16-6-4-14(22)5-7-16/h4-7,15H,8-13H2,1-3H3,(H,23,28)(H,24,27). The summed E-state index contributed by atoms with van der Waals surface area (Å²) in [5.41, 5.74) is -1.51. The second-order valence-corrected chi connectivity index (χ2v) is 8.69. The van der Waals surface area contributed by atoms with Crippen LogP contribution in [0.15, 0.2) is 24.3 Å². The average molecular weight is 421 g/mol. The maximum atomic E-state index is 12.9. The molecule has 1 aliphatic carbocycles. The van der Waals surface area contributed by atoms with Crippen LogP contribution in [0.4, 0.5) is 14.0 Å². The fourth-order valence-electron chi connectivity index (χ4n) is 3.73. The Balaban J connectivity index is 1.49. The summed E-state index contributed by atoms with van der Waals surface area (Å²) in [4.78, 5) is 38.4. The van der Waals surface area contributed by atoms with Gasteiger partial charge < -0.3 is 20.1 Å². The molecule has 1 aromatic carbocycles. The van der Waals surface area contributed by atoms with E-state index < -0.39 is 23.3 Å². The van der Waals surface area contributed by atoms with E-state index in [0.29, 0.717) is 31.4 Å². The lowest BCUT2D eigenvalue weighted by Crippen LogP contribution is -2.53. The van der Waals surface area contributed by atoms with Crippen molar-refractivity contribution in [2.75, 3.05) is 13.2 Å². The van der Waals surface area contributed by atoms with Crippen molar-refractivity contribution in [1.29, 1.82) is 0 Å². The number of hydrogen-bond acceptors (Lipinski definition) is 5. The Kier molecular flexibility index (Phi) is 6.19. The molecule has 30 heavy (non-hydrogen) atoms. The third-order valence-electron chi connectivity index (χ3n) is 5.20. The highest BCUT2D eigenvalue weighted by molar-refractivity contribution is 6.07. The van der Waals surface area contributed by atoms with Crippen molar-refractivity contribution in [2.24, 2.45) is 0 Å². The summed E-state index contributed by atoms with van der Waals surface area (Å²) in [7, 11) is 0. The number of amides is 4. The average Bonchev–Trinajstić information content (AvgIpc) is 2.88. The van der Waals surface area contributed by atoms with Gasteiger partial charge in [0, 0.05) is 6.04 Å². The summed E-state index contributed by atoms with van der Waals surface area (Å²) < 4.78 is 23.7. The third kappa shape index (κ3) is 5.20. The van der Waals surface area contributed by atoms with Gasteiger partial charge in [-0.1, -0.05) is 0 Å². The fourth-order valence-corrected chi connectivity index (χ4v) is 3.73. The molecule has 9 heteroatoms. The van der Waals surface area contributed by atoms with Crippen LogP contribution in [0.2, 0.25) is 0 Å². The molecule has 1 aliphatic heterocycles. The Morgan fingerprint density at radius 3 is 2.47 bits per heavy atom. The van der Waals surface area contributed by atoms with Gasteiger partial charge in [-0.2, -0.15) is 0 Å². The molecule has 2 fully saturated rings. The topological polar surface area (TPSA) is 97.0 Å². The lowest BCUT2D eigenvalue weighted by Gasteiger charge is -2.35. The van der Waals surface area contributed by atoms with Crippen LogP contribution in [-0.4, -0.2) is 53.3 Å². The summed E-state index contributed by atoms with van der Waals surface area (Å²) in [5, 5.41) is 5.66. The number of hydrogen-bond donors (Lipinski definition) is 2. The maximum absolute atomic E-state index is 12.9. The molecule has 164 valence electrons.